The Labute approximate surface area is 228 Å². The summed E-state index contributed by atoms with van der Waals surface area (Å²) >= 11 is -2.19. The van der Waals surface area contributed by atoms with E-state index in [1.54, 1.807) is 14.4 Å². The van der Waals surface area contributed by atoms with Crippen molar-refractivity contribution in [3.8, 4) is 33.4 Å². The maximum atomic E-state index is 2.56. The van der Waals surface area contributed by atoms with Gasteiger partial charge in [0.1, 0.15) is 0 Å². The molecule has 3 aliphatic carbocycles. The van der Waals surface area contributed by atoms with Gasteiger partial charge in [-0.3, -0.25) is 0 Å². The van der Waals surface area contributed by atoms with Crippen molar-refractivity contribution in [2.24, 2.45) is 0 Å². The summed E-state index contributed by atoms with van der Waals surface area (Å²) in [5, 5.41) is 0. The molecule has 0 aromatic heterocycles. The standard InChI is InChI=1S/C25H17.C6H10.C5H5.Zr/c1-3-7-18(8-4-1)20-11-13-24-22(15-20)17-23-16-21(12-14-25(23)24)19-9-5-2-6-10-19;1-2-4-6-5-3-1;1-2-4-5-3-1;/h1-17H;1-5H2;1-3H,4H2;. The van der Waals surface area contributed by atoms with Crippen molar-refractivity contribution in [1.82, 2.24) is 0 Å². The maximum absolute atomic E-state index is 2.56. The molecule has 1 heteroatoms. The summed E-state index contributed by atoms with van der Waals surface area (Å²) in [6.07, 6.45) is 15.3. The third kappa shape index (κ3) is 4.32. The number of hydrogen-bond acceptors (Lipinski definition) is 0. The second-order valence-corrected chi connectivity index (χ2v) is 17.4. The van der Waals surface area contributed by atoms with Gasteiger partial charge in [0.25, 0.3) is 0 Å². The summed E-state index contributed by atoms with van der Waals surface area (Å²) in [7, 11) is 0. The first-order valence-electron chi connectivity index (χ1n) is 13.8. The van der Waals surface area contributed by atoms with Crippen molar-refractivity contribution < 1.29 is 21.3 Å². The molecular formula is C36H32Zr. The molecule has 0 N–H and O–H groups in total. The van der Waals surface area contributed by atoms with Crippen LogP contribution in [0.3, 0.4) is 0 Å². The Morgan fingerprint density at radius 3 is 1.65 bits per heavy atom. The Hall–Kier alpha value is -2.89. The molecule has 4 aromatic carbocycles. The normalized spacial score (nSPS) is 16.4. The second kappa shape index (κ2) is 10.1. The third-order valence-electron chi connectivity index (χ3n) is 8.47. The Morgan fingerprint density at radius 1 is 0.568 bits per heavy atom. The summed E-state index contributed by atoms with van der Waals surface area (Å²) in [6.45, 7) is 0. The van der Waals surface area contributed by atoms with Crippen molar-refractivity contribution in [3.05, 3.63) is 130 Å². The van der Waals surface area contributed by atoms with Crippen LogP contribution in [0, 0.1) is 0 Å². The molecule has 0 radical (unpaired) electrons. The van der Waals surface area contributed by atoms with Crippen LogP contribution in [0.4, 0.5) is 0 Å². The fraction of sp³-hybridized carbons (Fsp3) is 0.194. The molecule has 0 atom stereocenters. The monoisotopic (exact) mass is 554 g/mol. The van der Waals surface area contributed by atoms with Gasteiger partial charge >= 0.3 is 230 Å². The van der Waals surface area contributed by atoms with E-state index >= 15 is 0 Å². The molecular weight excluding hydrogens is 524 g/mol. The van der Waals surface area contributed by atoms with Crippen molar-refractivity contribution >= 4 is 3.21 Å². The molecule has 1 fully saturated rings. The molecule has 0 amide bonds. The van der Waals surface area contributed by atoms with Crippen LogP contribution < -0.4 is 0 Å². The van der Waals surface area contributed by atoms with Crippen molar-refractivity contribution in [1.29, 1.82) is 0 Å². The van der Waals surface area contributed by atoms with Crippen LogP contribution in [0.25, 0.3) is 33.4 Å². The van der Waals surface area contributed by atoms with Crippen LogP contribution in [-0.4, -0.2) is 3.21 Å². The van der Waals surface area contributed by atoms with Crippen LogP contribution in [0.1, 0.15) is 53.3 Å². The molecule has 0 unspecified atom stereocenters. The van der Waals surface area contributed by atoms with Gasteiger partial charge in [0, 0.05) is 0 Å². The number of allylic oxidation sites excluding steroid dienone is 4. The summed E-state index contributed by atoms with van der Waals surface area (Å²) < 4.78 is 4.35. The second-order valence-electron chi connectivity index (χ2n) is 10.7. The number of hydrogen-bond donors (Lipinski definition) is 0. The van der Waals surface area contributed by atoms with Crippen LogP contribution in [0.2, 0.25) is 0 Å². The van der Waals surface area contributed by atoms with Gasteiger partial charge < -0.3 is 0 Å². The summed E-state index contributed by atoms with van der Waals surface area (Å²) in [5.41, 5.74) is 11.5. The van der Waals surface area contributed by atoms with Crippen molar-refractivity contribution in [2.45, 2.75) is 42.2 Å². The minimum absolute atomic E-state index is 0.568. The van der Waals surface area contributed by atoms with Crippen molar-refractivity contribution in [3.63, 3.8) is 0 Å². The zero-order valence-electron chi connectivity index (χ0n) is 21.3. The molecule has 0 saturated heterocycles. The van der Waals surface area contributed by atoms with E-state index in [-0.39, 0.29) is 0 Å². The molecule has 3 aliphatic rings. The molecule has 180 valence electrons. The van der Waals surface area contributed by atoms with Gasteiger partial charge in [-0.1, -0.05) is 0 Å². The summed E-state index contributed by atoms with van der Waals surface area (Å²) in [6, 6.07) is 36.6. The fourth-order valence-electron chi connectivity index (χ4n) is 6.70. The molecule has 4 aromatic rings. The van der Waals surface area contributed by atoms with E-state index in [4.69, 9.17) is 0 Å². The van der Waals surface area contributed by atoms with E-state index in [0.29, 0.717) is 3.63 Å². The molecule has 37 heavy (non-hydrogen) atoms. The topological polar surface area (TPSA) is 0 Å². The molecule has 0 bridgehead atoms. The van der Waals surface area contributed by atoms with E-state index in [1.165, 1.54) is 71.9 Å². The number of benzene rings is 4. The van der Waals surface area contributed by atoms with Crippen LogP contribution >= 0.6 is 0 Å². The molecule has 1 saturated carbocycles. The molecule has 0 nitrogen and oxygen atoms in total. The van der Waals surface area contributed by atoms with Crippen LogP contribution in [-0.2, 0) is 21.3 Å². The predicted molar refractivity (Wildman–Crippen MR) is 155 cm³/mol. The number of rotatable bonds is 4. The van der Waals surface area contributed by atoms with E-state index in [0.717, 1.165) is 0 Å². The van der Waals surface area contributed by atoms with Gasteiger partial charge in [0.2, 0.25) is 0 Å². The van der Waals surface area contributed by atoms with Crippen molar-refractivity contribution in [2.75, 3.05) is 0 Å². The first-order chi connectivity index (χ1) is 18.4. The van der Waals surface area contributed by atoms with Gasteiger partial charge in [-0.25, -0.2) is 0 Å². The summed E-state index contributed by atoms with van der Waals surface area (Å²) in [5.74, 6) is 0. The summed E-state index contributed by atoms with van der Waals surface area (Å²) in [4.78, 5) is 0. The zero-order valence-corrected chi connectivity index (χ0v) is 23.7. The van der Waals surface area contributed by atoms with Gasteiger partial charge in [0.05, 0.1) is 0 Å². The van der Waals surface area contributed by atoms with Crippen LogP contribution in [0.15, 0.2) is 119 Å². The van der Waals surface area contributed by atoms with Gasteiger partial charge in [-0.2, -0.15) is 0 Å². The van der Waals surface area contributed by atoms with E-state index in [1.807, 2.05) is 3.21 Å². The first-order valence-corrected chi connectivity index (χ1v) is 17.7. The Morgan fingerprint density at radius 2 is 1.14 bits per heavy atom. The zero-order chi connectivity index (χ0) is 24.6. The van der Waals surface area contributed by atoms with Gasteiger partial charge in [0.15, 0.2) is 0 Å². The number of fused-ring (bicyclic) bond motifs is 3. The fourth-order valence-corrected chi connectivity index (χ4v) is 16.1. The third-order valence-corrected chi connectivity index (χ3v) is 17.1. The first kappa shape index (κ1) is 23.2. The average Bonchev–Trinajstić information content (AvgIpc) is 3.62. The van der Waals surface area contributed by atoms with Gasteiger partial charge in [-0.15, -0.1) is 0 Å². The SMILES string of the molecule is C1=CC[C]([Zr](=[C]2CCCCC2)[CH]2c3cc(-c4ccccc4)ccc3-c3ccc(-c4ccccc4)cc32)=C1. The van der Waals surface area contributed by atoms with E-state index in [9.17, 15) is 0 Å². The Balaban J connectivity index is 1.46. The molecule has 0 aliphatic heterocycles. The molecule has 7 rings (SSSR count). The quantitative estimate of drug-likeness (QED) is 0.235. The minimum atomic E-state index is -2.19. The van der Waals surface area contributed by atoms with Crippen LogP contribution in [0.5, 0.6) is 0 Å². The molecule has 0 spiro atoms. The average molecular weight is 556 g/mol. The molecule has 0 heterocycles. The predicted octanol–water partition coefficient (Wildman–Crippen LogP) is 9.69. The van der Waals surface area contributed by atoms with E-state index < -0.39 is 21.3 Å². The Kier molecular flexibility index (Phi) is 6.35. The Bertz CT molecular complexity index is 1460. The van der Waals surface area contributed by atoms with Gasteiger partial charge in [-0.05, 0) is 0 Å². The van der Waals surface area contributed by atoms with E-state index in [2.05, 4.69) is 115 Å².